The zero-order valence-corrected chi connectivity index (χ0v) is 35.0. The summed E-state index contributed by atoms with van der Waals surface area (Å²) >= 11 is 0. The molecule has 13 rings (SSSR count). The minimum atomic E-state index is -1.13. The molecule has 6 heteroatoms. The van der Waals surface area contributed by atoms with Gasteiger partial charge in [-0.1, -0.05) is 105 Å². The highest BCUT2D eigenvalue weighted by Gasteiger charge is 2.74. The zero-order chi connectivity index (χ0) is 40.4. The molecular weight excluding hydrogens is 729 g/mol. The molecule has 10 aliphatic rings. The molecule has 2 amide bonds. The highest BCUT2D eigenvalue weighted by molar-refractivity contribution is 6.14. The second-order valence-electron chi connectivity index (χ2n) is 21.6. The number of para-hydroxylation sites is 1. The standard InChI is InChI=1S/C53H62N2O4/c1-48-20-17-40(56)31-51(48)23-24-53(43(32-51)46(57)42-16-10-9-15-41(42)38-11-5-3-6-12-38)44(48)18-21-49(2)45(53)19-22-52(49,59)34-55(47(58)54-39-13-7-4-8-14-39)33-50-28-35-25-36(29-50)27-37(26-35)30-50/h3-16,23-24,32,35-37,40,44-45,56,59H,17-22,25-31,33-34H2,1-2H3,(H,54,58). The third-order valence-corrected chi connectivity index (χ3v) is 18.7. The Hall–Kier alpha value is -4.00. The topological polar surface area (TPSA) is 89.9 Å². The van der Waals surface area contributed by atoms with Crippen LogP contribution in [0.5, 0.6) is 0 Å². The summed E-state index contributed by atoms with van der Waals surface area (Å²) < 4.78 is 0. The molecule has 3 aromatic rings. The molecule has 0 heterocycles. The van der Waals surface area contributed by atoms with Gasteiger partial charge in [-0.2, -0.15) is 0 Å². The van der Waals surface area contributed by atoms with E-state index in [9.17, 15) is 15.0 Å². The maximum atomic E-state index is 15.6. The van der Waals surface area contributed by atoms with Gasteiger partial charge in [0.1, 0.15) is 0 Å². The Labute approximate surface area is 350 Å². The SMILES string of the molecule is CC12CCC(O)CC13C=CC1(C(C(=O)c4ccccc4-c4ccccc4)=C3)C2CCC2(C)C1CCC2(O)CN(CC12CC3CC(CC(C3)C1)C2)C(=O)Nc1ccccc1. The Kier molecular flexibility index (Phi) is 8.52. The van der Waals surface area contributed by atoms with Gasteiger partial charge in [-0.05, 0) is 147 Å². The summed E-state index contributed by atoms with van der Waals surface area (Å²) in [6.45, 7) is 5.74. The monoisotopic (exact) mass is 790 g/mol. The van der Waals surface area contributed by atoms with Crippen molar-refractivity contribution in [3.63, 3.8) is 0 Å². The second kappa shape index (κ2) is 13.2. The Morgan fingerprint density at radius 3 is 2.03 bits per heavy atom. The van der Waals surface area contributed by atoms with Crippen LogP contribution in [-0.4, -0.2) is 51.7 Å². The largest absolute Gasteiger partial charge is 0.393 e. The van der Waals surface area contributed by atoms with Crippen LogP contribution >= 0.6 is 0 Å². The minimum Gasteiger partial charge on any atom is -0.393 e. The number of anilines is 1. The third-order valence-electron chi connectivity index (χ3n) is 18.7. The molecule has 3 aromatic carbocycles. The van der Waals surface area contributed by atoms with Crippen molar-refractivity contribution in [3.8, 4) is 11.1 Å². The molecule has 8 unspecified atom stereocenters. The lowest BCUT2D eigenvalue weighted by Crippen LogP contribution is -2.67. The van der Waals surface area contributed by atoms with E-state index in [1.54, 1.807) is 0 Å². The van der Waals surface area contributed by atoms with Crippen molar-refractivity contribution in [2.75, 3.05) is 18.4 Å². The molecule has 6 nitrogen and oxygen atoms in total. The van der Waals surface area contributed by atoms with E-state index < -0.39 is 27.9 Å². The number of hydrogen-bond acceptors (Lipinski definition) is 4. The summed E-state index contributed by atoms with van der Waals surface area (Å²) in [4.78, 5) is 32.4. The Balaban J connectivity index is 0.990. The number of aliphatic hydroxyl groups is 2. The van der Waals surface area contributed by atoms with Crippen LogP contribution in [0.25, 0.3) is 11.1 Å². The summed E-state index contributed by atoms with van der Waals surface area (Å²) in [5.41, 5.74) is 1.67. The lowest BCUT2D eigenvalue weighted by atomic mass is 9.32. The van der Waals surface area contributed by atoms with Crippen LogP contribution < -0.4 is 5.32 Å². The predicted molar refractivity (Wildman–Crippen MR) is 232 cm³/mol. The maximum Gasteiger partial charge on any atom is 0.321 e. The van der Waals surface area contributed by atoms with E-state index in [0.717, 1.165) is 72.2 Å². The molecule has 2 spiro atoms. The van der Waals surface area contributed by atoms with Crippen molar-refractivity contribution in [1.82, 2.24) is 4.90 Å². The molecule has 308 valence electrons. The van der Waals surface area contributed by atoms with Gasteiger partial charge in [-0.25, -0.2) is 4.79 Å². The fourth-order valence-electron chi connectivity index (χ4n) is 16.4. The summed E-state index contributed by atoms with van der Waals surface area (Å²) in [6.07, 6.45) is 19.8. The number of benzene rings is 3. The van der Waals surface area contributed by atoms with E-state index in [-0.39, 0.29) is 34.5 Å². The Bertz CT molecular complexity index is 2200. The van der Waals surface area contributed by atoms with Gasteiger partial charge in [0, 0.05) is 39.6 Å². The van der Waals surface area contributed by atoms with E-state index in [2.05, 4.69) is 55.6 Å². The van der Waals surface area contributed by atoms with Gasteiger partial charge in [-0.3, -0.25) is 4.79 Å². The molecule has 0 aliphatic heterocycles. The van der Waals surface area contributed by atoms with E-state index in [0.29, 0.717) is 31.5 Å². The first-order valence-electron chi connectivity index (χ1n) is 23.0. The maximum absolute atomic E-state index is 15.6. The van der Waals surface area contributed by atoms with Gasteiger partial charge in [0.15, 0.2) is 5.78 Å². The number of rotatable bonds is 8. The number of urea groups is 1. The predicted octanol–water partition coefficient (Wildman–Crippen LogP) is 10.9. The van der Waals surface area contributed by atoms with Crippen molar-refractivity contribution in [1.29, 1.82) is 0 Å². The van der Waals surface area contributed by atoms with E-state index in [1.807, 2.05) is 71.6 Å². The first-order valence-corrected chi connectivity index (χ1v) is 23.0. The molecule has 8 atom stereocenters. The highest BCUT2D eigenvalue weighted by Crippen LogP contribution is 2.78. The smallest absolute Gasteiger partial charge is 0.321 e. The van der Waals surface area contributed by atoms with Gasteiger partial charge in [0.25, 0.3) is 0 Å². The number of nitrogens with zero attached hydrogens (tertiary/aromatic N) is 1. The molecule has 7 saturated carbocycles. The lowest BCUT2D eigenvalue weighted by Gasteiger charge is -2.71. The van der Waals surface area contributed by atoms with Crippen LogP contribution in [0.2, 0.25) is 0 Å². The number of Topliss-reactive ketones (excluding diaryl/α,β-unsaturated/α-hetero) is 1. The average Bonchev–Trinajstić information content (AvgIpc) is 3.50. The number of carbonyl (C=O) groups excluding carboxylic acids is 2. The molecule has 10 aliphatic carbocycles. The van der Waals surface area contributed by atoms with E-state index >= 15 is 4.79 Å². The van der Waals surface area contributed by atoms with E-state index in [1.165, 1.54) is 38.5 Å². The quantitative estimate of drug-likeness (QED) is 0.157. The summed E-state index contributed by atoms with van der Waals surface area (Å²) in [5, 5.41) is 28.1. The molecule has 6 bridgehead atoms. The third kappa shape index (κ3) is 5.50. The van der Waals surface area contributed by atoms with Gasteiger partial charge in [-0.15, -0.1) is 0 Å². The Morgan fingerprint density at radius 1 is 0.712 bits per heavy atom. The van der Waals surface area contributed by atoms with Gasteiger partial charge in [0.2, 0.25) is 0 Å². The van der Waals surface area contributed by atoms with Crippen LogP contribution in [-0.2, 0) is 0 Å². The fraction of sp³-hybridized carbons (Fsp3) is 0.547. The number of hydrogen-bond donors (Lipinski definition) is 3. The highest BCUT2D eigenvalue weighted by atomic mass is 16.3. The molecule has 0 radical (unpaired) electrons. The molecule has 3 N–H and O–H groups in total. The summed E-state index contributed by atoms with van der Waals surface area (Å²) in [6, 6.07) is 28.0. The molecule has 59 heavy (non-hydrogen) atoms. The van der Waals surface area contributed by atoms with Crippen LogP contribution in [0.4, 0.5) is 10.5 Å². The first-order chi connectivity index (χ1) is 28.4. The average molecular weight is 791 g/mol. The summed E-state index contributed by atoms with van der Waals surface area (Å²) in [5.74, 6) is 2.57. The first kappa shape index (κ1) is 38.0. The molecule has 7 fully saturated rings. The molecule has 0 saturated heterocycles. The number of nitrogens with one attached hydrogen (secondary N) is 1. The fourth-order valence-corrected chi connectivity index (χ4v) is 16.4. The van der Waals surface area contributed by atoms with Crippen molar-refractivity contribution in [3.05, 3.63) is 114 Å². The molecular formula is C53H62N2O4. The number of carbonyl (C=O) groups is 2. The second-order valence-corrected chi connectivity index (χ2v) is 21.6. The lowest BCUT2D eigenvalue weighted by molar-refractivity contribution is -0.176. The number of fused-ring (bicyclic) bond motifs is 1. The zero-order valence-electron chi connectivity index (χ0n) is 35.0. The van der Waals surface area contributed by atoms with Crippen molar-refractivity contribution >= 4 is 17.5 Å². The van der Waals surface area contributed by atoms with Gasteiger partial charge in [0.05, 0.1) is 18.2 Å². The van der Waals surface area contributed by atoms with Crippen molar-refractivity contribution < 1.29 is 19.8 Å². The van der Waals surface area contributed by atoms with Crippen LogP contribution in [0.15, 0.2) is 109 Å². The normalized spacial score (nSPS) is 42.1. The summed E-state index contributed by atoms with van der Waals surface area (Å²) in [7, 11) is 0. The number of ketones is 1. The van der Waals surface area contributed by atoms with Crippen LogP contribution in [0.3, 0.4) is 0 Å². The molecule has 0 aromatic heterocycles. The van der Waals surface area contributed by atoms with Gasteiger partial charge < -0.3 is 20.4 Å². The number of aliphatic hydroxyl groups excluding tert-OH is 1. The van der Waals surface area contributed by atoms with Crippen LogP contribution in [0.1, 0.15) is 108 Å². The van der Waals surface area contributed by atoms with Crippen molar-refractivity contribution in [2.24, 2.45) is 56.7 Å². The Morgan fingerprint density at radius 2 is 1.32 bits per heavy atom. The number of amides is 2. The number of allylic oxidation sites excluding steroid dienone is 4. The van der Waals surface area contributed by atoms with Crippen LogP contribution in [0, 0.1) is 56.7 Å². The van der Waals surface area contributed by atoms with Crippen molar-refractivity contribution in [2.45, 2.75) is 109 Å². The van der Waals surface area contributed by atoms with Gasteiger partial charge >= 0.3 is 6.03 Å². The van der Waals surface area contributed by atoms with E-state index in [4.69, 9.17) is 0 Å². The minimum absolute atomic E-state index is 0.00893.